The average molecular weight is 286 g/mol. The molecule has 1 aromatic carbocycles. The molecule has 3 nitrogen and oxygen atoms in total. The predicted molar refractivity (Wildman–Crippen MR) is 86.5 cm³/mol. The largest absolute Gasteiger partial charge is 0.382 e. The number of hydrogen-bond acceptors (Lipinski definition) is 2. The van der Waals surface area contributed by atoms with E-state index in [1.54, 1.807) is 0 Å². The lowest BCUT2D eigenvalue weighted by Crippen LogP contribution is -2.38. The van der Waals surface area contributed by atoms with E-state index in [0.29, 0.717) is 12.0 Å². The lowest BCUT2D eigenvalue weighted by Gasteiger charge is -2.31. The summed E-state index contributed by atoms with van der Waals surface area (Å²) in [5, 5.41) is 6.69. The minimum absolute atomic E-state index is 0.000963. The van der Waals surface area contributed by atoms with Gasteiger partial charge in [-0.15, -0.1) is 0 Å². The summed E-state index contributed by atoms with van der Waals surface area (Å²) in [5.41, 5.74) is 2.27. The molecule has 1 saturated carbocycles. The first-order valence-corrected chi connectivity index (χ1v) is 8.37. The Bertz CT molecular complexity index is 494. The minimum Gasteiger partial charge on any atom is -0.382 e. The van der Waals surface area contributed by atoms with E-state index in [1.165, 1.54) is 32.1 Å². The van der Waals surface area contributed by atoms with Crippen LogP contribution in [0.5, 0.6) is 0 Å². The number of amides is 1. The van der Waals surface area contributed by atoms with Gasteiger partial charge in [-0.1, -0.05) is 37.5 Å². The summed E-state index contributed by atoms with van der Waals surface area (Å²) in [4.78, 5) is 12.6. The Morgan fingerprint density at radius 1 is 1.24 bits per heavy atom. The summed E-state index contributed by atoms with van der Waals surface area (Å²) in [6.45, 7) is 3.01. The van der Waals surface area contributed by atoms with Gasteiger partial charge in [0.05, 0.1) is 5.92 Å². The molecule has 0 unspecified atom stereocenters. The molecule has 3 heteroatoms. The van der Waals surface area contributed by atoms with Crippen LogP contribution in [-0.2, 0) is 4.79 Å². The number of benzene rings is 1. The van der Waals surface area contributed by atoms with Gasteiger partial charge in [0.15, 0.2) is 0 Å². The van der Waals surface area contributed by atoms with Crippen LogP contribution in [0.3, 0.4) is 0 Å². The number of hydrogen-bond donors (Lipinski definition) is 2. The van der Waals surface area contributed by atoms with Gasteiger partial charge < -0.3 is 10.6 Å². The van der Waals surface area contributed by atoms with Crippen LogP contribution < -0.4 is 10.6 Å². The van der Waals surface area contributed by atoms with E-state index in [0.717, 1.165) is 24.2 Å². The minimum atomic E-state index is 0.000963. The number of fused-ring (bicyclic) bond motifs is 1. The fourth-order valence-corrected chi connectivity index (χ4v) is 3.74. The highest BCUT2D eigenvalue weighted by molar-refractivity contribution is 5.86. The maximum Gasteiger partial charge on any atom is 0.227 e. The van der Waals surface area contributed by atoms with E-state index < -0.39 is 0 Å². The first kappa shape index (κ1) is 14.4. The van der Waals surface area contributed by atoms with Crippen LogP contribution in [0.25, 0.3) is 0 Å². The molecule has 3 rings (SSSR count). The summed E-state index contributed by atoms with van der Waals surface area (Å²) in [6, 6.07) is 8.56. The number of anilines is 1. The second kappa shape index (κ2) is 6.50. The highest BCUT2D eigenvalue weighted by atomic mass is 16.1. The van der Waals surface area contributed by atoms with E-state index in [1.807, 2.05) is 12.1 Å². The molecular weight excluding hydrogens is 260 g/mol. The molecule has 1 aromatic rings. The monoisotopic (exact) mass is 286 g/mol. The summed E-state index contributed by atoms with van der Waals surface area (Å²) in [7, 11) is 0. The van der Waals surface area contributed by atoms with Crippen LogP contribution >= 0.6 is 0 Å². The molecule has 0 bridgehead atoms. The first-order valence-electron chi connectivity index (χ1n) is 8.37. The molecule has 1 amide bonds. The number of carbonyl (C=O) groups excluding carboxylic acids is 1. The van der Waals surface area contributed by atoms with Gasteiger partial charge in [0.2, 0.25) is 5.91 Å². The van der Waals surface area contributed by atoms with E-state index >= 15 is 0 Å². The second-order valence-corrected chi connectivity index (χ2v) is 6.67. The third kappa shape index (κ3) is 3.39. The number of rotatable bonds is 3. The molecule has 0 saturated heterocycles. The standard InChI is InChI=1S/C18H26N2O/c1-13-11-16(15-9-5-6-10-17(15)20-13)18(21)19-12-14-7-3-2-4-8-14/h5-6,9-10,13-14,16,20H,2-4,7-8,11-12H2,1H3,(H,19,21)/t13-,16+/m1/s1. The number of carbonyl (C=O) groups is 1. The summed E-state index contributed by atoms with van der Waals surface area (Å²) < 4.78 is 0. The van der Waals surface area contributed by atoms with E-state index in [-0.39, 0.29) is 11.8 Å². The van der Waals surface area contributed by atoms with Crippen LogP contribution in [0, 0.1) is 5.92 Å². The molecule has 2 atom stereocenters. The van der Waals surface area contributed by atoms with E-state index in [2.05, 4.69) is 29.7 Å². The Kier molecular flexibility index (Phi) is 4.47. The Morgan fingerprint density at radius 3 is 2.81 bits per heavy atom. The van der Waals surface area contributed by atoms with Crippen molar-refractivity contribution in [2.45, 2.75) is 57.4 Å². The molecule has 0 spiro atoms. The van der Waals surface area contributed by atoms with Gasteiger partial charge in [-0.2, -0.15) is 0 Å². The number of nitrogens with one attached hydrogen (secondary N) is 2. The molecule has 1 fully saturated rings. The van der Waals surface area contributed by atoms with Gasteiger partial charge >= 0.3 is 0 Å². The van der Waals surface area contributed by atoms with Crippen LogP contribution in [0.1, 0.15) is 56.9 Å². The van der Waals surface area contributed by atoms with Crippen molar-refractivity contribution in [3.05, 3.63) is 29.8 Å². The van der Waals surface area contributed by atoms with Crippen LogP contribution in [-0.4, -0.2) is 18.5 Å². The van der Waals surface area contributed by atoms with Crippen molar-refractivity contribution in [1.29, 1.82) is 0 Å². The fraction of sp³-hybridized carbons (Fsp3) is 0.611. The normalized spacial score (nSPS) is 25.8. The van der Waals surface area contributed by atoms with Crippen molar-refractivity contribution in [2.24, 2.45) is 5.92 Å². The molecule has 21 heavy (non-hydrogen) atoms. The third-order valence-corrected chi connectivity index (χ3v) is 4.93. The molecule has 2 aliphatic rings. The zero-order chi connectivity index (χ0) is 14.7. The SMILES string of the molecule is C[C@@H]1C[C@H](C(=O)NCC2CCCCC2)c2ccccc2N1. The van der Waals surface area contributed by atoms with Crippen molar-refractivity contribution in [3.8, 4) is 0 Å². The van der Waals surface area contributed by atoms with Gasteiger partial charge in [-0.3, -0.25) is 4.79 Å². The molecule has 1 aliphatic heterocycles. The van der Waals surface area contributed by atoms with Crippen molar-refractivity contribution in [2.75, 3.05) is 11.9 Å². The van der Waals surface area contributed by atoms with Crippen LogP contribution in [0.2, 0.25) is 0 Å². The van der Waals surface area contributed by atoms with Crippen molar-refractivity contribution >= 4 is 11.6 Å². The van der Waals surface area contributed by atoms with Gasteiger partial charge in [0.1, 0.15) is 0 Å². The first-order chi connectivity index (χ1) is 10.2. The van der Waals surface area contributed by atoms with Crippen LogP contribution in [0.4, 0.5) is 5.69 Å². The van der Waals surface area contributed by atoms with E-state index in [4.69, 9.17) is 0 Å². The van der Waals surface area contributed by atoms with Gasteiger partial charge in [-0.25, -0.2) is 0 Å². The molecule has 1 heterocycles. The van der Waals surface area contributed by atoms with Crippen molar-refractivity contribution in [3.63, 3.8) is 0 Å². The third-order valence-electron chi connectivity index (χ3n) is 4.93. The highest BCUT2D eigenvalue weighted by Gasteiger charge is 2.29. The maximum absolute atomic E-state index is 12.6. The summed E-state index contributed by atoms with van der Waals surface area (Å²) in [5.74, 6) is 0.902. The summed E-state index contributed by atoms with van der Waals surface area (Å²) >= 11 is 0. The average Bonchev–Trinajstić information content (AvgIpc) is 2.52. The lowest BCUT2D eigenvalue weighted by atomic mass is 9.86. The maximum atomic E-state index is 12.6. The van der Waals surface area contributed by atoms with E-state index in [9.17, 15) is 4.79 Å². The zero-order valence-electron chi connectivity index (χ0n) is 12.9. The Balaban J connectivity index is 1.64. The van der Waals surface area contributed by atoms with Gasteiger partial charge in [0, 0.05) is 18.3 Å². The Hall–Kier alpha value is -1.51. The zero-order valence-corrected chi connectivity index (χ0v) is 12.9. The fourth-order valence-electron chi connectivity index (χ4n) is 3.74. The van der Waals surface area contributed by atoms with Gasteiger partial charge in [-0.05, 0) is 43.7 Å². The van der Waals surface area contributed by atoms with Crippen molar-refractivity contribution < 1.29 is 4.79 Å². The molecule has 2 N–H and O–H groups in total. The topological polar surface area (TPSA) is 41.1 Å². The molecule has 0 radical (unpaired) electrons. The molecule has 0 aromatic heterocycles. The molecule has 114 valence electrons. The lowest BCUT2D eigenvalue weighted by molar-refractivity contribution is -0.123. The smallest absolute Gasteiger partial charge is 0.227 e. The summed E-state index contributed by atoms with van der Waals surface area (Å²) in [6.07, 6.45) is 7.46. The Morgan fingerprint density at radius 2 is 2.00 bits per heavy atom. The van der Waals surface area contributed by atoms with Crippen LogP contribution in [0.15, 0.2) is 24.3 Å². The molecule has 1 aliphatic carbocycles. The quantitative estimate of drug-likeness (QED) is 0.890. The van der Waals surface area contributed by atoms with Crippen molar-refractivity contribution in [1.82, 2.24) is 5.32 Å². The van der Waals surface area contributed by atoms with Gasteiger partial charge in [0.25, 0.3) is 0 Å². The highest BCUT2D eigenvalue weighted by Crippen LogP contribution is 2.34. The Labute approximate surface area is 127 Å². The molecular formula is C18H26N2O. The number of para-hydroxylation sites is 1. The second-order valence-electron chi connectivity index (χ2n) is 6.67. The predicted octanol–water partition coefficient (Wildman–Crippen LogP) is 3.67.